The molecule has 0 unspecified atom stereocenters. The molecule has 1 fully saturated rings. The molecule has 0 aliphatic carbocycles. The highest BCUT2D eigenvalue weighted by molar-refractivity contribution is 5.81. The summed E-state index contributed by atoms with van der Waals surface area (Å²) < 4.78 is 0. The Bertz CT molecular complexity index is 648. The second kappa shape index (κ2) is 6.90. The molecule has 0 atom stereocenters. The summed E-state index contributed by atoms with van der Waals surface area (Å²) in [5, 5.41) is 14.2. The number of aliphatic hydroxyl groups excluding tert-OH is 1. The number of aromatic nitrogens is 1. The topological polar surface area (TPSA) is 48.4 Å². The van der Waals surface area contributed by atoms with Crippen molar-refractivity contribution in [2.75, 3.05) is 25.0 Å². The van der Waals surface area contributed by atoms with Crippen molar-refractivity contribution in [1.29, 1.82) is 0 Å². The van der Waals surface area contributed by atoms with Gasteiger partial charge in [0.05, 0.1) is 12.1 Å². The molecule has 1 saturated heterocycles. The van der Waals surface area contributed by atoms with Crippen LogP contribution in [0.5, 0.6) is 0 Å². The number of piperidine rings is 1. The Morgan fingerprint density at radius 1 is 1.32 bits per heavy atom. The number of nitrogens with zero attached hydrogens (tertiary/aromatic N) is 2. The first-order valence-corrected chi connectivity index (χ1v) is 7.89. The van der Waals surface area contributed by atoms with Crippen molar-refractivity contribution < 1.29 is 5.11 Å². The molecule has 4 nitrogen and oxygen atoms in total. The van der Waals surface area contributed by atoms with Gasteiger partial charge in [0.15, 0.2) is 0 Å². The van der Waals surface area contributed by atoms with Crippen LogP contribution >= 0.6 is 0 Å². The van der Waals surface area contributed by atoms with Gasteiger partial charge in [-0.1, -0.05) is 24.3 Å². The predicted octanol–water partition coefficient (Wildman–Crippen LogP) is 2.79. The Hall–Kier alpha value is -1.91. The van der Waals surface area contributed by atoms with Crippen molar-refractivity contribution in [3.05, 3.63) is 48.6 Å². The molecular weight excluding hydrogens is 274 g/mol. The minimum absolute atomic E-state index is 0.00940. The van der Waals surface area contributed by atoms with Gasteiger partial charge in [-0.3, -0.25) is 4.90 Å². The van der Waals surface area contributed by atoms with E-state index in [0.717, 1.165) is 54.8 Å². The molecule has 2 aromatic rings. The van der Waals surface area contributed by atoms with Gasteiger partial charge in [0.25, 0.3) is 0 Å². The number of para-hydroxylation sites is 1. The molecule has 0 saturated carbocycles. The van der Waals surface area contributed by atoms with E-state index < -0.39 is 0 Å². The largest absolute Gasteiger partial charge is 0.392 e. The number of nitrogens with one attached hydrogen (secondary N) is 1. The summed E-state index contributed by atoms with van der Waals surface area (Å²) in [6, 6.07) is 10.5. The molecular formula is C18H23N3O. The van der Waals surface area contributed by atoms with E-state index >= 15 is 0 Å². The van der Waals surface area contributed by atoms with Gasteiger partial charge in [0.1, 0.15) is 5.82 Å². The van der Waals surface area contributed by atoms with Gasteiger partial charge < -0.3 is 10.4 Å². The van der Waals surface area contributed by atoms with Crippen molar-refractivity contribution in [2.24, 2.45) is 0 Å². The molecule has 2 N–H and O–H groups in total. The molecule has 1 aromatic heterocycles. The van der Waals surface area contributed by atoms with Gasteiger partial charge >= 0.3 is 0 Å². The lowest BCUT2D eigenvalue weighted by molar-refractivity contribution is 0.239. The molecule has 0 radical (unpaired) electrons. The number of pyridine rings is 1. The average Bonchev–Trinajstić information content (AvgIpc) is 2.56. The Balaban J connectivity index is 1.74. The third-order valence-electron chi connectivity index (χ3n) is 4.29. The predicted molar refractivity (Wildman–Crippen MR) is 90.9 cm³/mol. The van der Waals surface area contributed by atoms with Crippen LogP contribution in [0.25, 0.3) is 10.9 Å². The molecule has 2 heterocycles. The molecule has 3 rings (SSSR count). The molecule has 116 valence electrons. The average molecular weight is 297 g/mol. The maximum Gasteiger partial charge on any atom is 0.132 e. The molecule has 1 aromatic carbocycles. The fraction of sp³-hybridized carbons (Fsp3) is 0.389. The smallest absolute Gasteiger partial charge is 0.132 e. The lowest BCUT2D eigenvalue weighted by Crippen LogP contribution is -2.39. The van der Waals surface area contributed by atoms with Gasteiger partial charge in [0, 0.05) is 36.6 Å². The lowest BCUT2D eigenvalue weighted by atomic mass is 10.0. The van der Waals surface area contributed by atoms with Gasteiger partial charge in [-0.15, -0.1) is 6.58 Å². The number of anilines is 1. The summed E-state index contributed by atoms with van der Waals surface area (Å²) >= 11 is 0. The quantitative estimate of drug-likeness (QED) is 0.833. The van der Waals surface area contributed by atoms with Gasteiger partial charge in [-0.25, -0.2) is 4.98 Å². The van der Waals surface area contributed by atoms with Crippen molar-refractivity contribution in [2.45, 2.75) is 25.5 Å². The van der Waals surface area contributed by atoms with E-state index in [2.05, 4.69) is 16.8 Å². The Morgan fingerprint density at radius 3 is 2.82 bits per heavy atom. The van der Waals surface area contributed by atoms with Crippen LogP contribution in [0.15, 0.2) is 43.0 Å². The van der Waals surface area contributed by atoms with Crippen molar-refractivity contribution in [3.63, 3.8) is 0 Å². The summed E-state index contributed by atoms with van der Waals surface area (Å²) in [6.07, 6.45) is 4.14. The number of fused-ring (bicyclic) bond motifs is 1. The minimum atomic E-state index is 0.00940. The van der Waals surface area contributed by atoms with Crippen LogP contribution in [0.3, 0.4) is 0 Å². The highest BCUT2D eigenvalue weighted by Crippen LogP contribution is 2.23. The minimum Gasteiger partial charge on any atom is -0.392 e. The first-order chi connectivity index (χ1) is 10.8. The molecule has 22 heavy (non-hydrogen) atoms. The number of likely N-dealkylation sites (tertiary alicyclic amines) is 1. The summed E-state index contributed by atoms with van der Waals surface area (Å²) in [5.41, 5.74) is 1.83. The monoisotopic (exact) mass is 297 g/mol. The first-order valence-electron chi connectivity index (χ1n) is 7.89. The standard InChI is InChI=1S/C18H23N3O/c1-2-9-21-10-7-16(8-11-21)19-18-15(13-22)12-14-5-3-4-6-17(14)20-18/h2-6,12,16,22H,1,7-11,13H2,(H,19,20). The third-order valence-corrected chi connectivity index (χ3v) is 4.29. The third kappa shape index (κ3) is 3.29. The maximum atomic E-state index is 9.62. The van der Waals surface area contributed by atoms with Crippen LogP contribution in [0.1, 0.15) is 18.4 Å². The zero-order chi connectivity index (χ0) is 15.4. The number of benzene rings is 1. The van der Waals surface area contributed by atoms with Crippen LogP contribution in [0, 0.1) is 0 Å². The van der Waals surface area contributed by atoms with Crippen LogP contribution in [-0.4, -0.2) is 40.7 Å². The normalized spacial score (nSPS) is 16.8. The van der Waals surface area contributed by atoms with Crippen LogP contribution in [0.2, 0.25) is 0 Å². The molecule has 0 bridgehead atoms. The molecule has 4 heteroatoms. The number of aliphatic hydroxyl groups is 1. The highest BCUT2D eigenvalue weighted by atomic mass is 16.3. The highest BCUT2D eigenvalue weighted by Gasteiger charge is 2.19. The fourth-order valence-electron chi connectivity index (χ4n) is 3.04. The van der Waals surface area contributed by atoms with Gasteiger partial charge in [-0.2, -0.15) is 0 Å². The van der Waals surface area contributed by atoms with Crippen LogP contribution in [0.4, 0.5) is 5.82 Å². The Labute approximate surface area is 131 Å². The summed E-state index contributed by atoms with van der Waals surface area (Å²) in [7, 11) is 0. The lowest BCUT2D eigenvalue weighted by Gasteiger charge is -2.32. The van der Waals surface area contributed by atoms with E-state index in [-0.39, 0.29) is 6.61 Å². The van der Waals surface area contributed by atoms with E-state index in [1.54, 1.807) is 0 Å². The summed E-state index contributed by atoms with van der Waals surface area (Å²) in [4.78, 5) is 7.10. The number of hydrogen-bond acceptors (Lipinski definition) is 4. The van der Waals surface area contributed by atoms with Crippen LogP contribution in [-0.2, 0) is 6.61 Å². The van der Waals surface area contributed by atoms with E-state index in [0.29, 0.717) is 6.04 Å². The number of rotatable bonds is 5. The van der Waals surface area contributed by atoms with Crippen molar-refractivity contribution in [3.8, 4) is 0 Å². The molecule has 0 amide bonds. The number of hydrogen-bond donors (Lipinski definition) is 2. The summed E-state index contributed by atoms with van der Waals surface area (Å²) in [6.45, 7) is 6.92. The van der Waals surface area contributed by atoms with Gasteiger partial charge in [0.2, 0.25) is 0 Å². The van der Waals surface area contributed by atoms with E-state index in [4.69, 9.17) is 4.98 Å². The molecule has 0 spiro atoms. The second-order valence-corrected chi connectivity index (χ2v) is 5.85. The zero-order valence-electron chi connectivity index (χ0n) is 12.8. The van der Waals surface area contributed by atoms with Crippen molar-refractivity contribution >= 4 is 16.7 Å². The van der Waals surface area contributed by atoms with E-state index in [1.807, 2.05) is 36.4 Å². The first kappa shape index (κ1) is 15.0. The van der Waals surface area contributed by atoms with E-state index in [1.165, 1.54) is 0 Å². The van der Waals surface area contributed by atoms with Gasteiger partial charge in [-0.05, 0) is 25.0 Å². The van der Waals surface area contributed by atoms with Crippen molar-refractivity contribution in [1.82, 2.24) is 9.88 Å². The molecule has 1 aliphatic rings. The summed E-state index contributed by atoms with van der Waals surface area (Å²) in [5.74, 6) is 0.823. The maximum absolute atomic E-state index is 9.62. The Kier molecular flexibility index (Phi) is 4.71. The SMILES string of the molecule is C=CCN1CCC(Nc2nc3ccccc3cc2CO)CC1. The van der Waals surface area contributed by atoms with Crippen LogP contribution < -0.4 is 5.32 Å². The Morgan fingerprint density at radius 2 is 2.09 bits per heavy atom. The fourth-order valence-corrected chi connectivity index (χ4v) is 3.04. The molecule has 1 aliphatic heterocycles. The van der Waals surface area contributed by atoms with E-state index in [9.17, 15) is 5.11 Å². The second-order valence-electron chi connectivity index (χ2n) is 5.85. The zero-order valence-corrected chi connectivity index (χ0v) is 12.8.